The first-order valence-electron chi connectivity index (χ1n) is 8.09. The lowest BCUT2D eigenvalue weighted by Gasteiger charge is -2.26. The van der Waals surface area contributed by atoms with Crippen molar-refractivity contribution in [2.45, 2.75) is 45.6 Å². The fourth-order valence-corrected chi connectivity index (χ4v) is 3.27. The van der Waals surface area contributed by atoms with Crippen molar-refractivity contribution in [3.63, 3.8) is 0 Å². The van der Waals surface area contributed by atoms with Crippen LogP contribution in [0, 0.1) is 19.8 Å². The van der Waals surface area contributed by atoms with Crippen molar-refractivity contribution in [1.82, 2.24) is 20.0 Å². The first-order valence-corrected chi connectivity index (χ1v) is 8.09. The summed E-state index contributed by atoms with van der Waals surface area (Å²) in [6.45, 7) is 6.74. The van der Waals surface area contributed by atoms with Gasteiger partial charge in [-0.15, -0.1) is 0 Å². The third-order valence-electron chi connectivity index (χ3n) is 4.79. The van der Waals surface area contributed by atoms with Gasteiger partial charge in [0.1, 0.15) is 0 Å². The molecule has 1 unspecified atom stereocenters. The third kappa shape index (κ3) is 3.12. The van der Waals surface area contributed by atoms with Crippen molar-refractivity contribution >= 4 is 5.91 Å². The van der Waals surface area contributed by atoms with Crippen LogP contribution in [0.3, 0.4) is 0 Å². The highest BCUT2D eigenvalue weighted by Gasteiger charge is 2.31. The average Bonchev–Trinajstić information content (AvgIpc) is 3.03. The van der Waals surface area contributed by atoms with Crippen LogP contribution in [-0.4, -0.2) is 46.3 Å². The maximum atomic E-state index is 13.0. The molecule has 5 nitrogen and oxygen atoms in total. The van der Waals surface area contributed by atoms with Gasteiger partial charge in [-0.2, -0.15) is 5.10 Å². The van der Waals surface area contributed by atoms with E-state index in [1.807, 2.05) is 25.6 Å². The van der Waals surface area contributed by atoms with E-state index in [0.29, 0.717) is 12.0 Å². The molecule has 1 atom stereocenters. The minimum Gasteiger partial charge on any atom is -0.337 e. The molecule has 1 N–H and O–H groups in total. The van der Waals surface area contributed by atoms with E-state index in [1.165, 1.54) is 25.7 Å². The van der Waals surface area contributed by atoms with Crippen LogP contribution >= 0.6 is 0 Å². The number of amides is 1. The molecule has 3 rings (SSSR count). The Morgan fingerprint density at radius 1 is 1.33 bits per heavy atom. The Hall–Kier alpha value is -1.36. The zero-order valence-electron chi connectivity index (χ0n) is 13.4. The maximum absolute atomic E-state index is 13.0. The summed E-state index contributed by atoms with van der Waals surface area (Å²) in [6, 6.07) is 0.463. The number of hydrogen-bond donors (Lipinski definition) is 1. The van der Waals surface area contributed by atoms with E-state index in [2.05, 4.69) is 15.3 Å². The van der Waals surface area contributed by atoms with Gasteiger partial charge in [0.15, 0.2) is 0 Å². The van der Waals surface area contributed by atoms with Gasteiger partial charge >= 0.3 is 0 Å². The molecule has 0 radical (unpaired) electrons. The fourth-order valence-electron chi connectivity index (χ4n) is 3.27. The Bertz CT molecular complexity index is 527. The highest BCUT2D eigenvalue weighted by molar-refractivity contribution is 5.96. The van der Waals surface area contributed by atoms with E-state index < -0.39 is 0 Å². The number of nitrogens with one attached hydrogen (secondary N) is 1. The summed E-state index contributed by atoms with van der Waals surface area (Å²) in [5.74, 6) is 0.881. The Kier molecular flexibility index (Phi) is 4.02. The quantitative estimate of drug-likeness (QED) is 0.897. The summed E-state index contributed by atoms with van der Waals surface area (Å²) in [5, 5.41) is 7.90. The summed E-state index contributed by atoms with van der Waals surface area (Å²) in [5.41, 5.74) is 2.62. The van der Waals surface area contributed by atoms with Gasteiger partial charge in [-0.25, -0.2) is 0 Å². The Balaban J connectivity index is 1.78. The molecule has 1 aliphatic carbocycles. The zero-order chi connectivity index (χ0) is 15.0. The Morgan fingerprint density at radius 3 is 2.62 bits per heavy atom. The molecule has 1 saturated carbocycles. The molecule has 1 amide bonds. The summed E-state index contributed by atoms with van der Waals surface area (Å²) >= 11 is 0. The molecule has 0 spiro atoms. The van der Waals surface area contributed by atoms with Crippen LogP contribution in [0.4, 0.5) is 0 Å². The molecule has 1 aliphatic heterocycles. The van der Waals surface area contributed by atoms with Crippen molar-refractivity contribution in [2.75, 3.05) is 19.6 Å². The van der Waals surface area contributed by atoms with Gasteiger partial charge in [0.05, 0.1) is 11.3 Å². The van der Waals surface area contributed by atoms with E-state index in [4.69, 9.17) is 0 Å². The normalized spacial score (nSPS) is 21.8. The van der Waals surface area contributed by atoms with E-state index in [-0.39, 0.29) is 5.91 Å². The number of rotatable bonds is 5. The lowest BCUT2D eigenvalue weighted by molar-refractivity contribution is 0.0732. The number of carbonyl (C=O) groups excluding carboxylic acids is 1. The summed E-state index contributed by atoms with van der Waals surface area (Å²) in [7, 11) is 1.91. The standard InChI is InChI=1S/C16H26N4O/c1-11-15(12(2)19(3)18-11)16(21)20(9-13-6-7-13)10-14-5-4-8-17-14/h13-14,17H,4-10H2,1-3H3. The molecule has 1 aromatic rings. The van der Waals surface area contributed by atoms with Crippen molar-refractivity contribution in [3.05, 3.63) is 17.0 Å². The first-order chi connectivity index (χ1) is 10.1. The smallest absolute Gasteiger partial charge is 0.257 e. The number of carbonyl (C=O) groups is 1. The molecule has 2 aliphatic rings. The zero-order valence-corrected chi connectivity index (χ0v) is 13.4. The van der Waals surface area contributed by atoms with Gasteiger partial charge in [0.2, 0.25) is 0 Å². The fraction of sp³-hybridized carbons (Fsp3) is 0.750. The summed E-state index contributed by atoms with van der Waals surface area (Å²) in [6.07, 6.45) is 4.94. The van der Waals surface area contributed by atoms with Crippen LogP contribution < -0.4 is 5.32 Å². The number of nitrogens with zero attached hydrogens (tertiary/aromatic N) is 3. The van der Waals surface area contributed by atoms with Crippen LogP contribution in [0.1, 0.15) is 47.4 Å². The number of aryl methyl sites for hydroxylation is 2. The Morgan fingerprint density at radius 2 is 2.10 bits per heavy atom. The van der Waals surface area contributed by atoms with Crippen LogP contribution in [0.15, 0.2) is 0 Å². The van der Waals surface area contributed by atoms with Gasteiger partial charge in [-0.05, 0) is 52.0 Å². The predicted octanol–water partition coefficient (Wildman–Crippen LogP) is 1.64. The van der Waals surface area contributed by atoms with Gasteiger partial charge in [-0.1, -0.05) is 0 Å². The highest BCUT2D eigenvalue weighted by atomic mass is 16.2. The first kappa shape index (κ1) is 14.6. The summed E-state index contributed by atoms with van der Waals surface area (Å²) in [4.78, 5) is 15.1. The third-order valence-corrected chi connectivity index (χ3v) is 4.79. The van der Waals surface area contributed by atoms with Crippen LogP contribution in [0.25, 0.3) is 0 Å². The molecule has 2 fully saturated rings. The molecule has 1 aromatic heterocycles. The van der Waals surface area contributed by atoms with E-state index in [1.54, 1.807) is 0 Å². The summed E-state index contributed by atoms with van der Waals surface area (Å²) < 4.78 is 1.81. The largest absolute Gasteiger partial charge is 0.337 e. The topological polar surface area (TPSA) is 50.2 Å². The highest BCUT2D eigenvalue weighted by Crippen LogP contribution is 2.31. The lowest BCUT2D eigenvalue weighted by atomic mass is 10.1. The van der Waals surface area contributed by atoms with E-state index in [9.17, 15) is 4.79 Å². The molecule has 1 saturated heterocycles. The molecule has 0 bridgehead atoms. The second-order valence-corrected chi connectivity index (χ2v) is 6.62. The van der Waals surface area contributed by atoms with E-state index in [0.717, 1.165) is 36.6 Å². The molecule has 5 heteroatoms. The second kappa shape index (κ2) is 5.79. The van der Waals surface area contributed by atoms with Crippen LogP contribution in [0.5, 0.6) is 0 Å². The lowest BCUT2D eigenvalue weighted by Crippen LogP contribution is -2.42. The van der Waals surface area contributed by atoms with Crippen LogP contribution in [0.2, 0.25) is 0 Å². The SMILES string of the molecule is Cc1nn(C)c(C)c1C(=O)N(CC1CC1)CC1CCCN1. The molecule has 0 aromatic carbocycles. The van der Waals surface area contributed by atoms with Gasteiger partial charge < -0.3 is 10.2 Å². The van der Waals surface area contributed by atoms with Crippen molar-refractivity contribution in [3.8, 4) is 0 Å². The Labute approximate surface area is 126 Å². The molecular formula is C16H26N4O. The molecule has 2 heterocycles. The monoisotopic (exact) mass is 290 g/mol. The average molecular weight is 290 g/mol. The minimum absolute atomic E-state index is 0.165. The van der Waals surface area contributed by atoms with Gasteiger partial charge in [0.25, 0.3) is 5.91 Å². The molecule has 116 valence electrons. The second-order valence-electron chi connectivity index (χ2n) is 6.62. The minimum atomic E-state index is 0.165. The van der Waals surface area contributed by atoms with Gasteiger partial charge in [0, 0.05) is 31.9 Å². The van der Waals surface area contributed by atoms with Crippen molar-refractivity contribution < 1.29 is 4.79 Å². The predicted molar refractivity (Wildman–Crippen MR) is 82.3 cm³/mol. The van der Waals surface area contributed by atoms with Crippen LogP contribution in [-0.2, 0) is 7.05 Å². The van der Waals surface area contributed by atoms with Gasteiger partial charge in [-0.3, -0.25) is 9.48 Å². The maximum Gasteiger partial charge on any atom is 0.257 e. The van der Waals surface area contributed by atoms with E-state index >= 15 is 0 Å². The van der Waals surface area contributed by atoms with Crippen molar-refractivity contribution in [1.29, 1.82) is 0 Å². The number of aromatic nitrogens is 2. The molecule has 21 heavy (non-hydrogen) atoms. The van der Waals surface area contributed by atoms with Crippen molar-refractivity contribution in [2.24, 2.45) is 13.0 Å². The number of hydrogen-bond acceptors (Lipinski definition) is 3. The molecular weight excluding hydrogens is 264 g/mol.